The highest BCUT2D eigenvalue weighted by Crippen LogP contribution is 2.04. The van der Waals surface area contributed by atoms with Gasteiger partial charge in [0.25, 0.3) is 0 Å². The van der Waals surface area contributed by atoms with Crippen LogP contribution in [0.4, 0.5) is 0 Å². The molecule has 3 rings (SSSR count). The van der Waals surface area contributed by atoms with Gasteiger partial charge >= 0.3 is 0 Å². The third-order valence-corrected chi connectivity index (χ3v) is 1.86. The Morgan fingerprint density at radius 2 is 1.67 bits per heavy atom. The second kappa shape index (κ2) is 5.05. The number of benzene rings is 1. The summed E-state index contributed by atoms with van der Waals surface area (Å²) in [4.78, 5) is 12.0. The summed E-state index contributed by atoms with van der Waals surface area (Å²) >= 11 is 0. The van der Waals surface area contributed by atoms with Gasteiger partial charge in [-0.2, -0.15) is 0 Å². The van der Waals surface area contributed by atoms with E-state index in [2.05, 4.69) is 19.7 Å². The zero-order valence-corrected chi connectivity index (χ0v) is 8.21. The Kier molecular flexibility index (Phi) is 3.22. The van der Waals surface area contributed by atoms with E-state index in [1.165, 1.54) is 6.40 Å². The summed E-state index contributed by atoms with van der Waals surface area (Å²) in [7, 11) is 0. The van der Waals surface area contributed by atoms with Crippen molar-refractivity contribution in [1.82, 2.24) is 9.97 Å². The van der Waals surface area contributed by atoms with Crippen molar-refractivity contribution in [3.8, 4) is 0 Å². The Balaban J connectivity index is 0.000000144. The fraction of sp³-hybridized carbons (Fsp3) is 0.182. The lowest BCUT2D eigenvalue weighted by Gasteiger charge is -1.90. The number of hydrogen-bond donors (Lipinski definition) is 0. The van der Waals surface area contributed by atoms with Gasteiger partial charge in [-0.05, 0) is 12.1 Å². The minimum Gasteiger partial charge on any atom is -0.482 e. The Labute approximate surface area is 87.7 Å². The highest BCUT2D eigenvalue weighted by atomic mass is 16.5. The van der Waals surface area contributed by atoms with Gasteiger partial charge in [0.15, 0.2) is 6.40 Å². The van der Waals surface area contributed by atoms with E-state index in [4.69, 9.17) is 0 Å². The van der Waals surface area contributed by atoms with Gasteiger partial charge in [-0.15, -0.1) is 0 Å². The first kappa shape index (κ1) is 9.58. The molecular weight excluding hydrogens is 190 g/mol. The zero-order valence-electron chi connectivity index (χ0n) is 8.21. The fourth-order valence-electron chi connectivity index (χ4n) is 1.17. The SMILES string of the molecule is C1=NCCO1.c1ccc2nccnc2c1. The molecule has 15 heavy (non-hydrogen) atoms. The van der Waals surface area contributed by atoms with Crippen molar-refractivity contribution < 1.29 is 4.74 Å². The van der Waals surface area contributed by atoms with Crippen LogP contribution in [-0.2, 0) is 4.74 Å². The molecule has 0 unspecified atom stereocenters. The van der Waals surface area contributed by atoms with Crippen LogP contribution in [0.5, 0.6) is 0 Å². The molecule has 0 aliphatic carbocycles. The quantitative estimate of drug-likeness (QED) is 0.651. The highest BCUT2D eigenvalue weighted by Gasteiger charge is 1.88. The van der Waals surface area contributed by atoms with E-state index >= 15 is 0 Å². The normalized spacial score (nSPS) is 13.1. The second-order valence-corrected chi connectivity index (χ2v) is 2.93. The van der Waals surface area contributed by atoms with Gasteiger partial charge in [-0.25, -0.2) is 0 Å². The first-order valence-electron chi connectivity index (χ1n) is 4.72. The summed E-state index contributed by atoms with van der Waals surface area (Å²) in [6.07, 6.45) is 4.88. The van der Waals surface area contributed by atoms with E-state index in [-0.39, 0.29) is 0 Å². The number of nitrogens with zero attached hydrogens (tertiary/aromatic N) is 3. The Hall–Kier alpha value is -1.97. The molecule has 0 spiro atoms. The minimum absolute atomic E-state index is 0.778. The summed E-state index contributed by atoms with van der Waals surface area (Å²) in [5.74, 6) is 0. The maximum Gasteiger partial charge on any atom is 0.169 e. The van der Waals surface area contributed by atoms with Crippen molar-refractivity contribution in [3.63, 3.8) is 0 Å². The molecule has 1 aromatic carbocycles. The minimum atomic E-state index is 0.778. The summed E-state index contributed by atoms with van der Waals surface area (Å²) in [5.41, 5.74) is 1.90. The maximum absolute atomic E-state index is 4.65. The van der Waals surface area contributed by atoms with Gasteiger partial charge in [0.05, 0.1) is 17.6 Å². The zero-order chi connectivity index (χ0) is 10.3. The monoisotopic (exact) mass is 201 g/mol. The van der Waals surface area contributed by atoms with E-state index in [1.807, 2.05) is 24.3 Å². The number of hydrogen-bond acceptors (Lipinski definition) is 4. The predicted molar refractivity (Wildman–Crippen MR) is 58.8 cm³/mol. The van der Waals surface area contributed by atoms with Gasteiger partial charge in [-0.1, -0.05) is 12.1 Å². The van der Waals surface area contributed by atoms with Crippen LogP contribution in [0.25, 0.3) is 11.0 Å². The van der Waals surface area contributed by atoms with E-state index in [1.54, 1.807) is 12.4 Å². The predicted octanol–water partition coefficient (Wildman–Crippen LogP) is 1.67. The van der Waals surface area contributed by atoms with Crippen LogP contribution in [-0.4, -0.2) is 29.5 Å². The summed E-state index contributed by atoms with van der Waals surface area (Å²) in [6.45, 7) is 1.62. The molecule has 0 bridgehead atoms. The smallest absolute Gasteiger partial charge is 0.169 e. The van der Waals surface area contributed by atoms with Crippen LogP contribution >= 0.6 is 0 Å². The van der Waals surface area contributed by atoms with Crippen molar-refractivity contribution >= 4 is 17.4 Å². The standard InChI is InChI=1S/C8H6N2.C3H5NO/c1-2-4-8-7(3-1)9-5-6-10-8;1-2-5-3-4-1/h1-6H;3H,1-2H2. The number of rotatable bonds is 0. The molecule has 0 saturated heterocycles. The molecule has 1 aliphatic heterocycles. The lowest BCUT2D eigenvalue weighted by molar-refractivity contribution is 0.361. The third kappa shape index (κ3) is 2.74. The topological polar surface area (TPSA) is 47.4 Å². The molecule has 0 amide bonds. The number of ether oxygens (including phenoxy) is 1. The average molecular weight is 201 g/mol. The van der Waals surface area contributed by atoms with Crippen molar-refractivity contribution in [2.45, 2.75) is 0 Å². The molecule has 0 atom stereocenters. The van der Waals surface area contributed by atoms with Gasteiger partial charge in [0.2, 0.25) is 0 Å². The molecule has 1 aliphatic rings. The second-order valence-electron chi connectivity index (χ2n) is 2.93. The van der Waals surface area contributed by atoms with Crippen LogP contribution in [0.2, 0.25) is 0 Å². The van der Waals surface area contributed by atoms with Gasteiger partial charge in [0, 0.05) is 12.4 Å². The third-order valence-electron chi connectivity index (χ3n) is 1.86. The lowest BCUT2D eigenvalue weighted by atomic mass is 10.3. The summed E-state index contributed by atoms with van der Waals surface area (Å²) in [5, 5.41) is 0. The first-order valence-corrected chi connectivity index (χ1v) is 4.72. The van der Waals surface area contributed by atoms with Crippen LogP contribution in [0.15, 0.2) is 41.7 Å². The van der Waals surface area contributed by atoms with Crippen molar-refractivity contribution in [3.05, 3.63) is 36.7 Å². The van der Waals surface area contributed by atoms with Crippen LogP contribution < -0.4 is 0 Å². The van der Waals surface area contributed by atoms with E-state index in [9.17, 15) is 0 Å². The Morgan fingerprint density at radius 3 is 2.07 bits per heavy atom. The molecule has 0 radical (unpaired) electrons. The Morgan fingerprint density at radius 1 is 1.00 bits per heavy atom. The van der Waals surface area contributed by atoms with Crippen molar-refractivity contribution in [1.29, 1.82) is 0 Å². The molecule has 4 nitrogen and oxygen atoms in total. The van der Waals surface area contributed by atoms with Crippen LogP contribution in [0.1, 0.15) is 0 Å². The number of aliphatic imine (C=N–C) groups is 1. The number of fused-ring (bicyclic) bond motifs is 1. The molecule has 0 fully saturated rings. The van der Waals surface area contributed by atoms with E-state index in [0.717, 1.165) is 24.2 Å². The fourth-order valence-corrected chi connectivity index (χ4v) is 1.17. The molecule has 2 aromatic rings. The van der Waals surface area contributed by atoms with E-state index < -0.39 is 0 Å². The van der Waals surface area contributed by atoms with Crippen LogP contribution in [0, 0.1) is 0 Å². The van der Waals surface area contributed by atoms with Gasteiger partial charge < -0.3 is 4.74 Å². The molecular formula is C11H11N3O. The molecule has 0 N–H and O–H groups in total. The molecule has 76 valence electrons. The van der Waals surface area contributed by atoms with Gasteiger partial charge in [-0.3, -0.25) is 15.0 Å². The maximum atomic E-state index is 4.65. The highest BCUT2D eigenvalue weighted by molar-refractivity contribution is 5.72. The largest absolute Gasteiger partial charge is 0.482 e. The average Bonchev–Trinajstić information content (AvgIpc) is 2.88. The molecule has 4 heteroatoms. The Bertz CT molecular complexity index is 385. The first-order chi connectivity index (χ1) is 7.47. The van der Waals surface area contributed by atoms with Gasteiger partial charge in [0.1, 0.15) is 6.61 Å². The lowest BCUT2D eigenvalue weighted by Crippen LogP contribution is -1.80. The molecule has 0 saturated carbocycles. The summed E-state index contributed by atoms with van der Waals surface area (Å²) < 4.78 is 4.65. The number of aromatic nitrogens is 2. The van der Waals surface area contributed by atoms with Crippen molar-refractivity contribution in [2.24, 2.45) is 4.99 Å². The van der Waals surface area contributed by atoms with Crippen molar-refractivity contribution in [2.75, 3.05) is 13.2 Å². The van der Waals surface area contributed by atoms with Crippen LogP contribution in [0.3, 0.4) is 0 Å². The van der Waals surface area contributed by atoms with E-state index in [0.29, 0.717) is 0 Å². The summed E-state index contributed by atoms with van der Waals surface area (Å²) in [6, 6.07) is 7.80. The molecule has 2 heterocycles. The number of para-hydroxylation sites is 2. The molecule has 1 aromatic heterocycles.